The Labute approximate surface area is 108 Å². The standard InChI is InChI=1S/C14H21N3O/c1-10-9-12(17-7-3-4-8-17)5-6-13(10)16-14(18)11(2)15/h5-6,9,11H,3-4,7-8,15H2,1-2H3,(H,16,18)/t11-/m1/s1. The lowest BCUT2D eigenvalue weighted by atomic mass is 10.1. The largest absolute Gasteiger partial charge is 0.372 e. The molecule has 0 radical (unpaired) electrons. The van der Waals surface area contributed by atoms with Crippen molar-refractivity contribution in [1.29, 1.82) is 0 Å². The zero-order chi connectivity index (χ0) is 13.1. The summed E-state index contributed by atoms with van der Waals surface area (Å²) in [6.07, 6.45) is 2.53. The van der Waals surface area contributed by atoms with Crippen molar-refractivity contribution in [3.8, 4) is 0 Å². The van der Waals surface area contributed by atoms with E-state index >= 15 is 0 Å². The number of anilines is 2. The van der Waals surface area contributed by atoms with E-state index in [1.807, 2.05) is 13.0 Å². The van der Waals surface area contributed by atoms with E-state index in [4.69, 9.17) is 5.73 Å². The van der Waals surface area contributed by atoms with Crippen LogP contribution in [0.3, 0.4) is 0 Å². The molecule has 3 N–H and O–H groups in total. The molecular weight excluding hydrogens is 226 g/mol. The fraction of sp³-hybridized carbons (Fsp3) is 0.500. The second-order valence-electron chi connectivity index (χ2n) is 4.97. The molecule has 1 aliphatic heterocycles. The van der Waals surface area contributed by atoms with E-state index in [1.165, 1.54) is 18.5 Å². The number of aryl methyl sites for hydroxylation is 1. The van der Waals surface area contributed by atoms with E-state index in [0.717, 1.165) is 24.3 Å². The third-order valence-electron chi connectivity index (χ3n) is 3.35. The Morgan fingerprint density at radius 1 is 1.39 bits per heavy atom. The van der Waals surface area contributed by atoms with Crippen LogP contribution in [0.5, 0.6) is 0 Å². The van der Waals surface area contributed by atoms with Crippen molar-refractivity contribution in [3.63, 3.8) is 0 Å². The van der Waals surface area contributed by atoms with Gasteiger partial charge in [0, 0.05) is 24.5 Å². The highest BCUT2D eigenvalue weighted by atomic mass is 16.2. The third-order valence-corrected chi connectivity index (χ3v) is 3.35. The summed E-state index contributed by atoms with van der Waals surface area (Å²) in [6, 6.07) is 5.67. The summed E-state index contributed by atoms with van der Waals surface area (Å²) < 4.78 is 0. The average Bonchev–Trinajstić information content (AvgIpc) is 2.85. The molecule has 0 spiro atoms. The number of nitrogens with zero attached hydrogens (tertiary/aromatic N) is 1. The summed E-state index contributed by atoms with van der Waals surface area (Å²) in [6.45, 7) is 5.95. The van der Waals surface area contributed by atoms with Gasteiger partial charge in [-0.3, -0.25) is 4.79 Å². The van der Waals surface area contributed by atoms with Gasteiger partial charge < -0.3 is 16.0 Å². The van der Waals surface area contributed by atoms with Crippen LogP contribution in [0.1, 0.15) is 25.3 Å². The Bertz CT molecular complexity index is 437. The van der Waals surface area contributed by atoms with Gasteiger partial charge >= 0.3 is 0 Å². The van der Waals surface area contributed by atoms with Crippen molar-refractivity contribution in [2.45, 2.75) is 32.7 Å². The van der Waals surface area contributed by atoms with Crippen molar-refractivity contribution in [2.75, 3.05) is 23.3 Å². The molecule has 1 heterocycles. The van der Waals surface area contributed by atoms with Gasteiger partial charge in [-0.15, -0.1) is 0 Å². The number of benzene rings is 1. The van der Waals surface area contributed by atoms with Gasteiger partial charge in [-0.2, -0.15) is 0 Å². The van der Waals surface area contributed by atoms with Crippen LogP contribution in [0.25, 0.3) is 0 Å². The molecule has 0 bridgehead atoms. The molecule has 18 heavy (non-hydrogen) atoms. The molecule has 4 heteroatoms. The van der Waals surface area contributed by atoms with Crippen molar-refractivity contribution < 1.29 is 4.79 Å². The summed E-state index contributed by atoms with van der Waals surface area (Å²) in [4.78, 5) is 13.9. The van der Waals surface area contributed by atoms with Gasteiger partial charge in [-0.25, -0.2) is 0 Å². The smallest absolute Gasteiger partial charge is 0.241 e. The van der Waals surface area contributed by atoms with Crippen LogP contribution in [0.2, 0.25) is 0 Å². The van der Waals surface area contributed by atoms with E-state index in [0.29, 0.717) is 0 Å². The Morgan fingerprint density at radius 3 is 2.61 bits per heavy atom. The van der Waals surface area contributed by atoms with Crippen molar-refractivity contribution in [3.05, 3.63) is 23.8 Å². The quantitative estimate of drug-likeness (QED) is 0.857. The second-order valence-corrected chi connectivity index (χ2v) is 4.97. The van der Waals surface area contributed by atoms with Gasteiger partial charge in [0.1, 0.15) is 0 Å². The molecule has 0 aliphatic carbocycles. The van der Waals surface area contributed by atoms with Crippen LogP contribution >= 0.6 is 0 Å². The number of amides is 1. The lowest BCUT2D eigenvalue weighted by Crippen LogP contribution is -2.32. The maximum atomic E-state index is 11.6. The van der Waals surface area contributed by atoms with Gasteiger partial charge in [-0.05, 0) is 50.5 Å². The van der Waals surface area contributed by atoms with Crippen LogP contribution in [-0.4, -0.2) is 25.0 Å². The van der Waals surface area contributed by atoms with Crippen LogP contribution in [-0.2, 0) is 4.79 Å². The van der Waals surface area contributed by atoms with Crippen LogP contribution in [0.4, 0.5) is 11.4 Å². The predicted molar refractivity (Wildman–Crippen MR) is 74.9 cm³/mol. The van der Waals surface area contributed by atoms with Crippen LogP contribution < -0.4 is 16.0 Å². The third kappa shape index (κ3) is 2.82. The lowest BCUT2D eigenvalue weighted by Gasteiger charge is -2.19. The normalized spacial score (nSPS) is 16.7. The van der Waals surface area contributed by atoms with Gasteiger partial charge in [0.25, 0.3) is 0 Å². The van der Waals surface area contributed by atoms with Gasteiger partial charge in [0.2, 0.25) is 5.91 Å². The first-order valence-electron chi connectivity index (χ1n) is 6.50. The van der Waals surface area contributed by atoms with E-state index in [2.05, 4.69) is 22.3 Å². The zero-order valence-corrected chi connectivity index (χ0v) is 11.1. The molecule has 1 aliphatic rings. The highest BCUT2D eigenvalue weighted by molar-refractivity contribution is 5.95. The minimum atomic E-state index is -0.484. The van der Waals surface area contributed by atoms with E-state index < -0.39 is 6.04 Å². The van der Waals surface area contributed by atoms with Gasteiger partial charge in [-0.1, -0.05) is 0 Å². The molecule has 1 fully saturated rings. The highest BCUT2D eigenvalue weighted by Crippen LogP contribution is 2.25. The second kappa shape index (κ2) is 5.40. The lowest BCUT2D eigenvalue weighted by molar-refractivity contribution is -0.117. The summed E-state index contributed by atoms with van der Waals surface area (Å²) in [7, 11) is 0. The number of nitrogens with one attached hydrogen (secondary N) is 1. The van der Waals surface area contributed by atoms with E-state index in [9.17, 15) is 4.79 Å². The minimum absolute atomic E-state index is 0.146. The molecule has 1 aromatic carbocycles. The number of nitrogens with two attached hydrogens (primary N) is 1. The highest BCUT2D eigenvalue weighted by Gasteiger charge is 2.14. The molecule has 1 aromatic rings. The van der Waals surface area contributed by atoms with E-state index in [-0.39, 0.29) is 5.91 Å². The van der Waals surface area contributed by atoms with Gasteiger partial charge in [0.05, 0.1) is 6.04 Å². The monoisotopic (exact) mass is 247 g/mol. The number of hydrogen-bond donors (Lipinski definition) is 2. The van der Waals surface area contributed by atoms with Crippen molar-refractivity contribution in [1.82, 2.24) is 0 Å². The summed E-state index contributed by atoms with van der Waals surface area (Å²) in [5, 5.41) is 2.84. The Kier molecular flexibility index (Phi) is 3.87. The first-order valence-corrected chi connectivity index (χ1v) is 6.50. The number of carbonyl (C=O) groups excluding carboxylic acids is 1. The average molecular weight is 247 g/mol. The Morgan fingerprint density at radius 2 is 2.06 bits per heavy atom. The maximum absolute atomic E-state index is 11.6. The summed E-state index contributed by atoms with van der Waals surface area (Å²) in [5.41, 5.74) is 8.71. The molecule has 98 valence electrons. The van der Waals surface area contributed by atoms with Crippen LogP contribution in [0, 0.1) is 6.92 Å². The molecule has 2 rings (SSSR count). The number of carbonyl (C=O) groups is 1. The maximum Gasteiger partial charge on any atom is 0.241 e. The Balaban J connectivity index is 2.12. The first kappa shape index (κ1) is 12.9. The summed E-state index contributed by atoms with van der Waals surface area (Å²) >= 11 is 0. The molecule has 0 unspecified atom stereocenters. The Hall–Kier alpha value is -1.55. The van der Waals surface area contributed by atoms with Crippen LogP contribution in [0.15, 0.2) is 18.2 Å². The minimum Gasteiger partial charge on any atom is -0.372 e. The zero-order valence-electron chi connectivity index (χ0n) is 11.1. The molecular formula is C14H21N3O. The van der Waals surface area contributed by atoms with Gasteiger partial charge in [0.15, 0.2) is 0 Å². The first-order chi connectivity index (χ1) is 8.58. The fourth-order valence-electron chi connectivity index (χ4n) is 2.21. The summed E-state index contributed by atoms with van der Waals surface area (Å²) in [5.74, 6) is -0.146. The van der Waals surface area contributed by atoms with E-state index in [1.54, 1.807) is 6.92 Å². The number of rotatable bonds is 3. The SMILES string of the molecule is Cc1cc(N2CCCC2)ccc1NC(=O)[C@@H](C)N. The predicted octanol–water partition coefficient (Wildman–Crippen LogP) is 1.88. The fourth-order valence-corrected chi connectivity index (χ4v) is 2.21. The molecule has 4 nitrogen and oxygen atoms in total. The van der Waals surface area contributed by atoms with Crippen molar-refractivity contribution >= 4 is 17.3 Å². The molecule has 1 atom stereocenters. The van der Waals surface area contributed by atoms with Crippen molar-refractivity contribution in [2.24, 2.45) is 5.73 Å². The molecule has 0 saturated carbocycles. The molecule has 1 amide bonds. The molecule has 0 aromatic heterocycles. The molecule has 1 saturated heterocycles. The topological polar surface area (TPSA) is 58.4 Å². The number of hydrogen-bond acceptors (Lipinski definition) is 3.